The largest absolute Gasteiger partial charge is 0.494 e. The standard InChI is InChI=1S/C26H23N5O5/c1-3-35-22-13-15-23(16-14-22)36-26-24(18(2)29-30(26)20-7-5-4-6-8-20)17-27-28-25(32)19-9-11-21(12-10-19)31(33)34/h4-17H,3H2,1-2H3,(H,28,32)/b27-17-. The van der Waals surface area contributed by atoms with Gasteiger partial charge in [0, 0.05) is 17.7 Å². The van der Waals surface area contributed by atoms with Gasteiger partial charge in [-0.2, -0.15) is 14.9 Å². The van der Waals surface area contributed by atoms with Crippen LogP contribution in [-0.2, 0) is 0 Å². The van der Waals surface area contributed by atoms with Crippen molar-refractivity contribution < 1.29 is 19.2 Å². The number of hydrazone groups is 1. The molecule has 1 heterocycles. The molecule has 1 N–H and O–H groups in total. The molecule has 0 unspecified atom stereocenters. The molecule has 0 aliphatic rings. The zero-order valence-electron chi connectivity index (χ0n) is 19.6. The Morgan fingerprint density at radius 1 is 1.06 bits per heavy atom. The minimum absolute atomic E-state index is 0.102. The van der Waals surface area contributed by atoms with E-state index in [0.717, 1.165) is 11.4 Å². The number of nitrogens with one attached hydrogen (secondary N) is 1. The number of hydrogen-bond acceptors (Lipinski definition) is 7. The lowest BCUT2D eigenvalue weighted by Gasteiger charge is -2.11. The second kappa shape index (κ2) is 11.0. The maximum absolute atomic E-state index is 12.4. The van der Waals surface area contributed by atoms with Crippen LogP contribution in [0.5, 0.6) is 17.4 Å². The first-order valence-corrected chi connectivity index (χ1v) is 11.1. The van der Waals surface area contributed by atoms with Crippen molar-refractivity contribution in [1.29, 1.82) is 0 Å². The number of ether oxygens (including phenoxy) is 2. The highest BCUT2D eigenvalue weighted by Crippen LogP contribution is 2.30. The smallest absolute Gasteiger partial charge is 0.271 e. The molecule has 4 aromatic rings. The summed E-state index contributed by atoms with van der Waals surface area (Å²) in [5, 5.41) is 19.5. The average molecular weight is 486 g/mol. The lowest BCUT2D eigenvalue weighted by atomic mass is 10.2. The molecule has 0 atom stereocenters. The van der Waals surface area contributed by atoms with Crippen LogP contribution in [0.15, 0.2) is 84.0 Å². The first-order valence-electron chi connectivity index (χ1n) is 11.1. The van der Waals surface area contributed by atoms with Gasteiger partial charge in [-0.3, -0.25) is 14.9 Å². The summed E-state index contributed by atoms with van der Waals surface area (Å²) in [4.78, 5) is 22.7. The molecular weight excluding hydrogens is 462 g/mol. The van der Waals surface area contributed by atoms with E-state index in [1.807, 2.05) is 56.3 Å². The third-order valence-electron chi connectivity index (χ3n) is 5.11. The van der Waals surface area contributed by atoms with Gasteiger partial charge in [-0.1, -0.05) is 18.2 Å². The molecule has 0 bridgehead atoms. The molecule has 0 saturated heterocycles. The predicted molar refractivity (Wildman–Crippen MR) is 134 cm³/mol. The van der Waals surface area contributed by atoms with Gasteiger partial charge in [-0.25, -0.2) is 5.43 Å². The van der Waals surface area contributed by atoms with E-state index in [-0.39, 0.29) is 11.3 Å². The summed E-state index contributed by atoms with van der Waals surface area (Å²) >= 11 is 0. The van der Waals surface area contributed by atoms with Gasteiger partial charge >= 0.3 is 0 Å². The quantitative estimate of drug-likeness (QED) is 0.201. The molecule has 3 aromatic carbocycles. The van der Waals surface area contributed by atoms with Crippen molar-refractivity contribution in [3.05, 3.63) is 106 Å². The van der Waals surface area contributed by atoms with E-state index >= 15 is 0 Å². The first-order chi connectivity index (χ1) is 17.5. The zero-order chi connectivity index (χ0) is 25.5. The zero-order valence-corrected chi connectivity index (χ0v) is 19.6. The van der Waals surface area contributed by atoms with E-state index in [0.29, 0.717) is 29.5 Å². The van der Waals surface area contributed by atoms with Crippen LogP contribution in [-0.4, -0.2) is 33.4 Å². The summed E-state index contributed by atoms with van der Waals surface area (Å²) in [6, 6.07) is 21.9. The van der Waals surface area contributed by atoms with Crippen molar-refractivity contribution in [2.24, 2.45) is 5.10 Å². The fourth-order valence-electron chi connectivity index (χ4n) is 3.35. The fourth-order valence-corrected chi connectivity index (χ4v) is 3.35. The molecule has 0 fully saturated rings. The van der Waals surface area contributed by atoms with E-state index in [2.05, 4.69) is 15.6 Å². The van der Waals surface area contributed by atoms with Gasteiger partial charge in [0.1, 0.15) is 11.5 Å². The Morgan fingerprint density at radius 2 is 1.72 bits per heavy atom. The molecular formula is C26H23N5O5. The number of benzene rings is 3. The minimum atomic E-state index is -0.529. The third-order valence-corrected chi connectivity index (χ3v) is 5.11. The monoisotopic (exact) mass is 485 g/mol. The van der Waals surface area contributed by atoms with Crippen LogP contribution in [0.4, 0.5) is 5.69 Å². The summed E-state index contributed by atoms with van der Waals surface area (Å²) in [6.07, 6.45) is 1.45. The number of aryl methyl sites for hydroxylation is 1. The molecule has 0 saturated carbocycles. The Kier molecular flexibility index (Phi) is 7.35. The van der Waals surface area contributed by atoms with E-state index in [9.17, 15) is 14.9 Å². The van der Waals surface area contributed by atoms with Crippen molar-refractivity contribution >= 4 is 17.8 Å². The fraction of sp³-hybridized carbons (Fsp3) is 0.115. The Balaban J connectivity index is 1.60. The van der Waals surface area contributed by atoms with E-state index in [4.69, 9.17) is 9.47 Å². The van der Waals surface area contributed by atoms with Crippen LogP contribution in [0.3, 0.4) is 0 Å². The maximum atomic E-state index is 12.4. The van der Waals surface area contributed by atoms with Crippen LogP contribution in [0.2, 0.25) is 0 Å². The number of carbonyl (C=O) groups excluding carboxylic acids is 1. The molecule has 0 radical (unpaired) electrons. The van der Waals surface area contributed by atoms with Gasteiger partial charge in [0.25, 0.3) is 11.6 Å². The van der Waals surface area contributed by atoms with E-state index in [1.165, 1.54) is 30.5 Å². The van der Waals surface area contributed by atoms with Gasteiger partial charge in [0.2, 0.25) is 5.88 Å². The normalized spacial score (nSPS) is 10.8. The lowest BCUT2D eigenvalue weighted by Crippen LogP contribution is -2.17. The van der Waals surface area contributed by atoms with Crippen molar-refractivity contribution in [2.75, 3.05) is 6.61 Å². The molecule has 0 aliphatic heterocycles. The SMILES string of the molecule is CCOc1ccc(Oc2c(/C=N\NC(=O)c3ccc([N+](=O)[O-])cc3)c(C)nn2-c2ccccc2)cc1. The highest BCUT2D eigenvalue weighted by molar-refractivity contribution is 5.95. The molecule has 36 heavy (non-hydrogen) atoms. The maximum Gasteiger partial charge on any atom is 0.271 e. The number of non-ortho nitro benzene ring substituents is 1. The minimum Gasteiger partial charge on any atom is -0.494 e. The Bertz CT molecular complexity index is 1380. The van der Waals surface area contributed by atoms with E-state index < -0.39 is 10.8 Å². The number of aromatic nitrogens is 2. The highest BCUT2D eigenvalue weighted by Gasteiger charge is 2.18. The van der Waals surface area contributed by atoms with Gasteiger partial charge in [0.15, 0.2) is 0 Å². The second-order valence-electron chi connectivity index (χ2n) is 7.56. The summed E-state index contributed by atoms with van der Waals surface area (Å²) in [5.41, 5.74) is 4.56. The molecule has 1 aromatic heterocycles. The number of nitro groups is 1. The predicted octanol–water partition coefficient (Wildman–Crippen LogP) is 5.04. The van der Waals surface area contributed by atoms with Crippen LogP contribution in [0.25, 0.3) is 5.69 Å². The topological polar surface area (TPSA) is 121 Å². The van der Waals surface area contributed by atoms with Crippen molar-refractivity contribution in [1.82, 2.24) is 15.2 Å². The number of para-hydroxylation sites is 1. The molecule has 182 valence electrons. The van der Waals surface area contributed by atoms with Crippen LogP contribution >= 0.6 is 0 Å². The van der Waals surface area contributed by atoms with Crippen molar-refractivity contribution in [3.63, 3.8) is 0 Å². The number of rotatable bonds is 9. The number of nitro benzene ring substituents is 1. The molecule has 4 rings (SSSR count). The van der Waals surface area contributed by atoms with Gasteiger partial charge < -0.3 is 9.47 Å². The number of carbonyl (C=O) groups is 1. The summed E-state index contributed by atoms with van der Waals surface area (Å²) < 4.78 is 13.4. The summed E-state index contributed by atoms with van der Waals surface area (Å²) in [7, 11) is 0. The molecule has 10 heteroatoms. The summed E-state index contributed by atoms with van der Waals surface area (Å²) in [5.74, 6) is 1.20. The van der Waals surface area contributed by atoms with Gasteiger partial charge in [-0.15, -0.1) is 0 Å². The van der Waals surface area contributed by atoms with Crippen LogP contribution in [0.1, 0.15) is 28.5 Å². The van der Waals surface area contributed by atoms with Crippen LogP contribution in [0, 0.1) is 17.0 Å². The Morgan fingerprint density at radius 3 is 2.36 bits per heavy atom. The highest BCUT2D eigenvalue weighted by atomic mass is 16.6. The molecule has 0 spiro atoms. The van der Waals surface area contributed by atoms with Crippen molar-refractivity contribution in [2.45, 2.75) is 13.8 Å². The average Bonchev–Trinajstić information content (AvgIpc) is 3.20. The Hall–Kier alpha value is -4.99. The third kappa shape index (κ3) is 5.55. The molecule has 0 aliphatic carbocycles. The lowest BCUT2D eigenvalue weighted by molar-refractivity contribution is -0.384. The summed E-state index contributed by atoms with van der Waals surface area (Å²) in [6.45, 7) is 4.29. The number of nitrogens with zero attached hydrogens (tertiary/aromatic N) is 4. The number of hydrogen-bond donors (Lipinski definition) is 1. The van der Waals surface area contributed by atoms with Gasteiger partial charge in [0.05, 0.1) is 34.7 Å². The van der Waals surface area contributed by atoms with E-state index in [1.54, 1.807) is 16.8 Å². The van der Waals surface area contributed by atoms with Crippen LogP contribution < -0.4 is 14.9 Å². The second-order valence-corrected chi connectivity index (χ2v) is 7.56. The number of amides is 1. The molecule has 1 amide bonds. The van der Waals surface area contributed by atoms with Crippen molar-refractivity contribution in [3.8, 4) is 23.1 Å². The first kappa shape index (κ1) is 24.1. The Labute approximate surface area is 206 Å². The molecule has 10 nitrogen and oxygen atoms in total. The van der Waals surface area contributed by atoms with Gasteiger partial charge in [-0.05, 0) is 62.4 Å².